The number of phosphoric ester groups is 1. The number of hydrogen-bond acceptors (Lipinski definition) is 17. The number of imidazole rings is 2. The minimum absolute atomic E-state index is 0.0195. The molecule has 6 heterocycles. The number of hydrogen-bond donors (Lipinski definition) is 8. The van der Waals surface area contributed by atoms with Gasteiger partial charge < -0.3 is 51.2 Å². The lowest BCUT2D eigenvalue weighted by atomic mass is 10.1. The highest BCUT2D eigenvalue weighted by Gasteiger charge is 2.49. The molecule has 8 atom stereocenters. The predicted octanol–water partition coefficient (Wildman–Crippen LogP) is -3.54. The zero-order valence-corrected chi connectivity index (χ0v) is 24.8. The third kappa shape index (κ3) is 5.88. The molecule has 0 aromatic carbocycles. The van der Waals surface area contributed by atoms with Gasteiger partial charge >= 0.3 is 7.82 Å². The molecule has 2 fully saturated rings. The molecule has 0 saturated carbocycles. The number of rotatable bonds is 8. The summed E-state index contributed by atoms with van der Waals surface area (Å²) in [6.45, 7) is -0.459. The van der Waals surface area contributed by atoms with Crippen molar-refractivity contribution < 1.29 is 48.8 Å². The largest absolute Gasteiger partial charge is 0.470 e. The van der Waals surface area contributed by atoms with E-state index in [1.165, 1.54) is 21.8 Å². The van der Waals surface area contributed by atoms with Crippen molar-refractivity contribution >= 4 is 41.8 Å². The van der Waals surface area contributed by atoms with Crippen LogP contribution in [0.15, 0.2) is 19.0 Å². The number of fused-ring (bicyclic) bond motifs is 2. The topological polar surface area (TPSA) is 309 Å². The number of phosphoric acid groups is 1. The summed E-state index contributed by atoms with van der Waals surface area (Å²) in [5, 5.41) is 41.8. The Morgan fingerprint density at radius 3 is 2.33 bits per heavy atom. The fraction of sp³-hybridized carbons (Fsp3) is 0.500. The first kappa shape index (κ1) is 32.0. The SMILES string of the molecule is CN(CC#Cc1nc2c(N)ncnc2n1[C@@H]1O[C@H](CO)[C@@H](O)[C@H]1OP(=O)(O)O)C[C@H]1O[C@@H](n2cnc3c(N)ncnc32)[C@H](O)[C@@H]1O. The number of aromatic nitrogens is 8. The normalized spacial score (nSPS) is 28.3. The first-order valence-corrected chi connectivity index (χ1v) is 15.2. The number of likely N-dealkylation sites (N-methyl/N-ethyl adjacent to an activating group) is 1. The van der Waals surface area contributed by atoms with Crippen molar-refractivity contribution in [1.82, 2.24) is 43.9 Å². The molecule has 22 heteroatoms. The fourth-order valence-electron chi connectivity index (χ4n) is 5.40. The third-order valence-electron chi connectivity index (χ3n) is 7.55. The number of nitrogens with two attached hydrogens (primary N) is 2. The van der Waals surface area contributed by atoms with Crippen molar-refractivity contribution in [3.8, 4) is 11.8 Å². The highest BCUT2D eigenvalue weighted by Crippen LogP contribution is 2.45. The highest BCUT2D eigenvalue weighted by molar-refractivity contribution is 7.46. The van der Waals surface area contributed by atoms with Gasteiger partial charge in [0.25, 0.3) is 0 Å². The van der Waals surface area contributed by atoms with Gasteiger partial charge in [-0.2, -0.15) is 0 Å². The first-order valence-electron chi connectivity index (χ1n) is 13.7. The van der Waals surface area contributed by atoms with Crippen molar-refractivity contribution in [2.75, 3.05) is 38.2 Å². The van der Waals surface area contributed by atoms with Crippen LogP contribution in [0.4, 0.5) is 11.6 Å². The summed E-state index contributed by atoms with van der Waals surface area (Å²) in [5.41, 5.74) is 12.7. The van der Waals surface area contributed by atoms with Gasteiger partial charge in [0, 0.05) is 6.54 Å². The maximum Gasteiger partial charge on any atom is 0.470 e. The Hall–Kier alpha value is -3.91. The summed E-state index contributed by atoms with van der Waals surface area (Å²) >= 11 is 0. The fourth-order valence-corrected chi connectivity index (χ4v) is 5.94. The van der Waals surface area contributed by atoms with Gasteiger partial charge in [0.05, 0.1) is 19.5 Å². The van der Waals surface area contributed by atoms with E-state index in [0.717, 1.165) is 6.33 Å². The van der Waals surface area contributed by atoms with E-state index in [9.17, 15) is 34.8 Å². The number of ether oxygens (including phenoxy) is 2. The van der Waals surface area contributed by atoms with Crippen LogP contribution in [0.5, 0.6) is 0 Å². The number of anilines is 2. The van der Waals surface area contributed by atoms with Gasteiger partial charge in [0.15, 0.2) is 46.7 Å². The molecule has 4 aromatic rings. The summed E-state index contributed by atoms with van der Waals surface area (Å²) in [6.07, 6.45) is -6.59. The van der Waals surface area contributed by atoms with Gasteiger partial charge in [-0.05, 0) is 13.0 Å². The van der Waals surface area contributed by atoms with Crippen molar-refractivity contribution in [1.29, 1.82) is 0 Å². The van der Waals surface area contributed by atoms with E-state index in [1.807, 2.05) is 0 Å². The summed E-state index contributed by atoms with van der Waals surface area (Å²) in [5.74, 6) is 5.87. The van der Waals surface area contributed by atoms with Crippen LogP contribution in [-0.2, 0) is 18.6 Å². The van der Waals surface area contributed by atoms with Crippen LogP contribution in [-0.4, -0.2) is 138 Å². The van der Waals surface area contributed by atoms with E-state index in [0.29, 0.717) is 11.2 Å². The molecule has 10 N–H and O–H groups in total. The van der Waals surface area contributed by atoms with E-state index < -0.39 is 63.5 Å². The lowest BCUT2D eigenvalue weighted by Crippen LogP contribution is -2.38. The summed E-state index contributed by atoms with van der Waals surface area (Å²) < 4.78 is 31.0. The molecule has 6 rings (SSSR count). The molecule has 0 unspecified atom stereocenters. The average molecular weight is 664 g/mol. The smallest absolute Gasteiger partial charge is 0.394 e. The zero-order chi connectivity index (χ0) is 32.9. The molecular weight excluding hydrogens is 633 g/mol. The van der Waals surface area contributed by atoms with Crippen molar-refractivity contribution in [3.05, 3.63) is 24.8 Å². The van der Waals surface area contributed by atoms with E-state index in [1.54, 1.807) is 11.9 Å². The molecular formula is C24H30N11O10P. The van der Waals surface area contributed by atoms with Crippen molar-refractivity contribution in [2.24, 2.45) is 0 Å². The Morgan fingerprint density at radius 2 is 1.63 bits per heavy atom. The van der Waals surface area contributed by atoms with E-state index in [-0.39, 0.29) is 41.7 Å². The Kier molecular flexibility index (Phi) is 8.61. The first-order chi connectivity index (χ1) is 21.9. The van der Waals surface area contributed by atoms with Gasteiger partial charge in [0.2, 0.25) is 0 Å². The average Bonchev–Trinajstić information content (AvgIpc) is 3.74. The molecule has 21 nitrogen and oxygen atoms in total. The molecule has 246 valence electrons. The lowest BCUT2D eigenvalue weighted by Gasteiger charge is -2.22. The van der Waals surface area contributed by atoms with Crippen LogP contribution in [0.25, 0.3) is 22.3 Å². The van der Waals surface area contributed by atoms with E-state index >= 15 is 0 Å². The summed E-state index contributed by atoms with van der Waals surface area (Å²) in [6, 6.07) is 0. The van der Waals surface area contributed by atoms with E-state index in [2.05, 4.69) is 41.7 Å². The monoisotopic (exact) mass is 663 g/mol. The second-order valence-corrected chi connectivity index (χ2v) is 11.9. The predicted molar refractivity (Wildman–Crippen MR) is 154 cm³/mol. The molecule has 0 aliphatic carbocycles. The third-order valence-corrected chi connectivity index (χ3v) is 8.07. The molecule has 0 bridgehead atoms. The number of nitrogens with zero attached hydrogens (tertiary/aromatic N) is 9. The highest BCUT2D eigenvalue weighted by atomic mass is 31.2. The van der Waals surface area contributed by atoms with Gasteiger partial charge in [-0.25, -0.2) is 34.5 Å². The number of aliphatic hydroxyl groups excluding tert-OH is 4. The molecule has 4 aromatic heterocycles. The van der Waals surface area contributed by atoms with Crippen molar-refractivity contribution in [3.63, 3.8) is 0 Å². The Balaban J connectivity index is 1.22. The molecule has 0 radical (unpaired) electrons. The van der Waals surface area contributed by atoms with Crippen LogP contribution in [0.1, 0.15) is 18.3 Å². The quantitative estimate of drug-likeness (QED) is 0.0668. The second kappa shape index (κ2) is 12.4. The van der Waals surface area contributed by atoms with Crippen LogP contribution in [0.2, 0.25) is 0 Å². The number of aliphatic hydroxyl groups is 4. The second-order valence-electron chi connectivity index (χ2n) is 10.7. The minimum atomic E-state index is -5.13. The Labute approximate surface area is 258 Å². The maximum absolute atomic E-state index is 11.7. The van der Waals surface area contributed by atoms with Crippen LogP contribution >= 0.6 is 7.82 Å². The van der Waals surface area contributed by atoms with Crippen LogP contribution in [0.3, 0.4) is 0 Å². The Morgan fingerprint density at radius 1 is 0.957 bits per heavy atom. The molecule has 2 aliphatic heterocycles. The van der Waals surface area contributed by atoms with E-state index in [4.69, 9.17) is 25.5 Å². The van der Waals surface area contributed by atoms with Gasteiger partial charge in [0.1, 0.15) is 54.8 Å². The molecule has 2 aliphatic rings. The summed E-state index contributed by atoms with van der Waals surface area (Å²) in [7, 11) is -3.43. The van der Waals surface area contributed by atoms with Gasteiger partial charge in [-0.3, -0.25) is 18.6 Å². The van der Waals surface area contributed by atoms with Gasteiger partial charge in [-0.15, -0.1) is 0 Å². The van der Waals surface area contributed by atoms with Crippen LogP contribution in [0, 0.1) is 11.8 Å². The molecule has 46 heavy (non-hydrogen) atoms. The zero-order valence-electron chi connectivity index (χ0n) is 23.9. The maximum atomic E-state index is 11.7. The van der Waals surface area contributed by atoms with Crippen LogP contribution < -0.4 is 11.5 Å². The lowest BCUT2D eigenvalue weighted by molar-refractivity contribution is -0.0509. The van der Waals surface area contributed by atoms with Gasteiger partial charge in [-0.1, -0.05) is 5.92 Å². The molecule has 2 saturated heterocycles. The molecule has 0 spiro atoms. The standard InChI is InChI=1S/C24H30N11O10P/c1-33(5-10-15(37)17(39)23(43-10)34-9-31-13-19(25)27-7-29-21(13)34)4-2-3-12-32-14-20(26)28-8-30-22(14)35(12)24-18(45-46(40,41)42)16(38)11(6-36)44-24/h7-11,15-18,23-24,36-39H,4-6H2,1H3,(H2,25,27,29)(H2,26,28,30)(H2,40,41,42)/t10-,11-,15-,16-,17-,18-,23-,24-/m1/s1. The number of nitrogen functional groups attached to an aromatic ring is 2. The van der Waals surface area contributed by atoms with Crippen molar-refractivity contribution in [2.45, 2.75) is 49.1 Å². The Bertz CT molecular complexity index is 1860. The minimum Gasteiger partial charge on any atom is -0.394 e. The molecule has 0 amide bonds. The summed E-state index contributed by atoms with van der Waals surface area (Å²) in [4.78, 5) is 45.3.